The number of thiophene rings is 1. The molecule has 2 N–H and O–H groups in total. The lowest BCUT2D eigenvalue weighted by Crippen LogP contribution is -2.47. The molecule has 4 aromatic rings. The molecule has 5 rings (SSSR count). The van der Waals surface area contributed by atoms with Gasteiger partial charge in [-0.05, 0) is 47.7 Å². The summed E-state index contributed by atoms with van der Waals surface area (Å²) in [6.45, 7) is 4.29. The summed E-state index contributed by atoms with van der Waals surface area (Å²) in [5, 5.41) is 4.60. The Hall–Kier alpha value is -3.23. The fourth-order valence-electron chi connectivity index (χ4n) is 4.44. The number of aromatic nitrogens is 1. The van der Waals surface area contributed by atoms with E-state index in [-0.39, 0.29) is 17.3 Å². The van der Waals surface area contributed by atoms with Crippen LogP contribution in [0, 0.1) is 5.82 Å². The average Bonchev–Trinajstić information content (AvgIpc) is 3.25. The molecular weight excluding hydrogens is 439 g/mol. The Labute approximate surface area is 194 Å². The molecule has 0 unspecified atom stereocenters. The van der Waals surface area contributed by atoms with Crippen molar-refractivity contribution in [1.29, 1.82) is 0 Å². The standard InChI is InChI=1S/C25H25FN4O2S/c1-27-25(32)23-15-19-21(13-18(26)14-22(19)33-23)30-10-8-29(9-11-30)7-6-16-2-3-17-4-5-24(31)28-20(17)12-16/h2-5,12-15H,6-11H2,1H3,(H,27,32)(H,28,31). The van der Waals surface area contributed by atoms with Gasteiger partial charge in [0.15, 0.2) is 0 Å². The van der Waals surface area contributed by atoms with Gasteiger partial charge in [-0.25, -0.2) is 4.39 Å². The average molecular weight is 465 g/mol. The van der Waals surface area contributed by atoms with Crippen LogP contribution in [0.15, 0.2) is 53.3 Å². The summed E-state index contributed by atoms with van der Waals surface area (Å²) in [6, 6.07) is 14.5. The summed E-state index contributed by atoms with van der Waals surface area (Å²) in [5.41, 5.74) is 2.83. The number of benzene rings is 2. The maximum absolute atomic E-state index is 14.3. The smallest absolute Gasteiger partial charge is 0.261 e. The Morgan fingerprint density at radius 2 is 1.88 bits per heavy atom. The third kappa shape index (κ3) is 4.49. The van der Waals surface area contributed by atoms with E-state index in [1.807, 2.05) is 18.2 Å². The number of amides is 1. The fraction of sp³-hybridized carbons (Fsp3) is 0.280. The molecule has 0 atom stereocenters. The van der Waals surface area contributed by atoms with E-state index in [0.717, 1.165) is 65.8 Å². The number of pyridine rings is 1. The normalized spacial score (nSPS) is 14.8. The molecule has 1 amide bonds. The van der Waals surface area contributed by atoms with Gasteiger partial charge in [0.25, 0.3) is 5.91 Å². The van der Waals surface area contributed by atoms with Crippen molar-refractivity contribution in [2.45, 2.75) is 6.42 Å². The molecule has 170 valence electrons. The van der Waals surface area contributed by atoms with Gasteiger partial charge in [0.05, 0.1) is 4.88 Å². The van der Waals surface area contributed by atoms with E-state index < -0.39 is 0 Å². The van der Waals surface area contributed by atoms with Crippen molar-refractivity contribution >= 4 is 43.9 Å². The largest absolute Gasteiger partial charge is 0.368 e. The first kappa shape index (κ1) is 21.6. The fourth-order valence-corrected chi connectivity index (χ4v) is 5.49. The summed E-state index contributed by atoms with van der Waals surface area (Å²) < 4.78 is 15.1. The van der Waals surface area contributed by atoms with Gasteiger partial charge in [-0.1, -0.05) is 12.1 Å². The molecule has 0 saturated carbocycles. The molecule has 1 aliphatic rings. The molecule has 2 aromatic heterocycles. The summed E-state index contributed by atoms with van der Waals surface area (Å²) in [7, 11) is 1.60. The summed E-state index contributed by atoms with van der Waals surface area (Å²) >= 11 is 1.32. The lowest BCUT2D eigenvalue weighted by Gasteiger charge is -2.36. The van der Waals surface area contributed by atoms with Crippen LogP contribution in [0.25, 0.3) is 21.0 Å². The highest BCUT2D eigenvalue weighted by atomic mass is 32.1. The highest BCUT2D eigenvalue weighted by Crippen LogP contribution is 2.35. The summed E-state index contributed by atoms with van der Waals surface area (Å²) in [4.78, 5) is 31.7. The molecule has 0 spiro atoms. The molecule has 2 aromatic carbocycles. The number of anilines is 1. The molecule has 0 radical (unpaired) electrons. The Morgan fingerprint density at radius 1 is 1.09 bits per heavy atom. The molecule has 0 aliphatic carbocycles. The molecule has 33 heavy (non-hydrogen) atoms. The van der Waals surface area contributed by atoms with Crippen LogP contribution in [0.1, 0.15) is 15.2 Å². The van der Waals surface area contributed by atoms with E-state index in [2.05, 4.69) is 32.2 Å². The van der Waals surface area contributed by atoms with Crippen molar-refractivity contribution in [2.24, 2.45) is 0 Å². The Bertz CT molecular complexity index is 1390. The van der Waals surface area contributed by atoms with Gasteiger partial charge in [-0.2, -0.15) is 0 Å². The third-order valence-electron chi connectivity index (χ3n) is 6.25. The van der Waals surface area contributed by atoms with Crippen LogP contribution in [-0.4, -0.2) is 55.6 Å². The monoisotopic (exact) mass is 464 g/mol. The lowest BCUT2D eigenvalue weighted by molar-refractivity contribution is 0.0967. The summed E-state index contributed by atoms with van der Waals surface area (Å²) in [5.74, 6) is -0.426. The van der Waals surface area contributed by atoms with Crippen molar-refractivity contribution in [3.8, 4) is 0 Å². The second-order valence-corrected chi connectivity index (χ2v) is 9.43. The van der Waals surface area contributed by atoms with Crippen molar-refractivity contribution in [1.82, 2.24) is 15.2 Å². The number of halogens is 1. The molecule has 8 heteroatoms. The van der Waals surface area contributed by atoms with Gasteiger partial charge in [-0.3, -0.25) is 14.5 Å². The predicted octanol–water partition coefficient (Wildman–Crippen LogP) is 3.61. The molecule has 1 fully saturated rings. The quantitative estimate of drug-likeness (QED) is 0.474. The topological polar surface area (TPSA) is 68.4 Å². The van der Waals surface area contributed by atoms with Crippen molar-refractivity contribution in [3.05, 3.63) is 75.1 Å². The van der Waals surface area contributed by atoms with Gasteiger partial charge in [0, 0.05) is 67.1 Å². The first-order valence-corrected chi connectivity index (χ1v) is 11.9. The first-order valence-electron chi connectivity index (χ1n) is 11.0. The number of nitrogens with zero attached hydrogens (tertiary/aromatic N) is 2. The highest BCUT2D eigenvalue weighted by molar-refractivity contribution is 7.20. The number of H-pyrrole nitrogens is 1. The van der Waals surface area contributed by atoms with E-state index in [0.29, 0.717) is 4.88 Å². The second-order valence-electron chi connectivity index (χ2n) is 8.35. The number of hydrogen-bond acceptors (Lipinski definition) is 5. The van der Waals surface area contributed by atoms with Gasteiger partial charge in [0.2, 0.25) is 5.56 Å². The zero-order chi connectivity index (χ0) is 22.9. The molecule has 1 saturated heterocycles. The zero-order valence-corrected chi connectivity index (χ0v) is 19.2. The molecular formula is C25H25FN4O2S. The first-order chi connectivity index (χ1) is 16.0. The van der Waals surface area contributed by atoms with Crippen LogP contribution in [0.5, 0.6) is 0 Å². The Kier molecular flexibility index (Phi) is 5.86. The maximum Gasteiger partial charge on any atom is 0.261 e. The highest BCUT2D eigenvalue weighted by Gasteiger charge is 2.21. The van der Waals surface area contributed by atoms with Crippen molar-refractivity contribution in [2.75, 3.05) is 44.7 Å². The number of fused-ring (bicyclic) bond motifs is 2. The van der Waals surface area contributed by atoms with Gasteiger partial charge < -0.3 is 15.2 Å². The molecule has 3 heterocycles. The minimum atomic E-state index is -0.278. The maximum atomic E-state index is 14.3. The number of aromatic amines is 1. The third-order valence-corrected chi connectivity index (χ3v) is 7.33. The van der Waals surface area contributed by atoms with Crippen LogP contribution in [0.4, 0.5) is 10.1 Å². The Balaban J connectivity index is 1.26. The Morgan fingerprint density at radius 3 is 2.67 bits per heavy atom. The van der Waals surface area contributed by atoms with E-state index in [4.69, 9.17) is 0 Å². The second kappa shape index (κ2) is 8.96. The number of nitrogens with one attached hydrogen (secondary N) is 2. The van der Waals surface area contributed by atoms with Gasteiger partial charge in [-0.15, -0.1) is 11.3 Å². The predicted molar refractivity (Wildman–Crippen MR) is 132 cm³/mol. The number of carbonyl (C=O) groups is 1. The number of piperazine rings is 1. The minimum Gasteiger partial charge on any atom is -0.368 e. The SMILES string of the molecule is CNC(=O)c1cc2c(N3CCN(CCc4ccc5ccc(=O)[nH]c5c4)CC3)cc(F)cc2s1. The van der Waals surface area contributed by atoms with Crippen LogP contribution in [-0.2, 0) is 6.42 Å². The van der Waals surface area contributed by atoms with E-state index in [1.165, 1.54) is 23.0 Å². The van der Waals surface area contributed by atoms with E-state index in [1.54, 1.807) is 19.2 Å². The van der Waals surface area contributed by atoms with Crippen molar-refractivity contribution in [3.63, 3.8) is 0 Å². The summed E-state index contributed by atoms with van der Waals surface area (Å²) in [6.07, 6.45) is 0.900. The number of rotatable bonds is 5. The van der Waals surface area contributed by atoms with E-state index >= 15 is 0 Å². The molecule has 6 nitrogen and oxygen atoms in total. The lowest BCUT2D eigenvalue weighted by atomic mass is 10.1. The van der Waals surface area contributed by atoms with Crippen molar-refractivity contribution < 1.29 is 9.18 Å². The minimum absolute atomic E-state index is 0.0877. The van der Waals surface area contributed by atoms with Gasteiger partial charge >= 0.3 is 0 Å². The number of carbonyl (C=O) groups excluding carboxylic acids is 1. The zero-order valence-electron chi connectivity index (χ0n) is 18.4. The van der Waals surface area contributed by atoms with Crippen LogP contribution >= 0.6 is 11.3 Å². The van der Waals surface area contributed by atoms with Crippen LogP contribution in [0.3, 0.4) is 0 Å². The van der Waals surface area contributed by atoms with Crippen LogP contribution in [0.2, 0.25) is 0 Å². The van der Waals surface area contributed by atoms with Crippen LogP contribution < -0.4 is 15.8 Å². The van der Waals surface area contributed by atoms with Gasteiger partial charge in [0.1, 0.15) is 5.82 Å². The molecule has 0 bridgehead atoms. The molecule has 1 aliphatic heterocycles. The number of hydrogen-bond donors (Lipinski definition) is 2. The van der Waals surface area contributed by atoms with E-state index in [9.17, 15) is 14.0 Å².